The van der Waals surface area contributed by atoms with Crippen LogP contribution in [0.2, 0.25) is 0 Å². The number of carbonyl (C=O) groups is 2. The molecule has 1 saturated heterocycles. The number of amides is 2. The molecule has 170 valence electrons. The minimum Gasteiger partial charge on any atom is -0.351 e. The van der Waals surface area contributed by atoms with E-state index in [4.69, 9.17) is 0 Å². The lowest BCUT2D eigenvalue weighted by molar-refractivity contribution is -0.124. The average molecular weight is 460 g/mol. The van der Waals surface area contributed by atoms with Crippen LogP contribution >= 0.6 is 0 Å². The van der Waals surface area contributed by atoms with Gasteiger partial charge >= 0.3 is 0 Å². The molecule has 0 bridgehead atoms. The fraction of sp³-hybridized carbons (Fsp3) is 0.391. The molecule has 0 spiro atoms. The maximum atomic E-state index is 13.4. The van der Waals surface area contributed by atoms with Crippen LogP contribution in [0.5, 0.6) is 0 Å². The molecule has 0 saturated carbocycles. The first-order valence-corrected chi connectivity index (χ1v) is 12.1. The van der Waals surface area contributed by atoms with E-state index >= 15 is 0 Å². The molecule has 2 atom stereocenters. The summed E-state index contributed by atoms with van der Waals surface area (Å²) in [5.74, 6) is -0.805. The summed E-state index contributed by atoms with van der Waals surface area (Å²) in [7, 11) is -3.88. The Balaban J connectivity index is 1.52. The Morgan fingerprint density at radius 3 is 2.56 bits per heavy atom. The van der Waals surface area contributed by atoms with E-state index in [9.17, 15) is 22.4 Å². The van der Waals surface area contributed by atoms with Gasteiger partial charge in [0.05, 0.1) is 4.90 Å². The Bertz CT molecular complexity index is 1150. The molecular weight excluding hydrogens is 433 g/mol. The lowest BCUT2D eigenvalue weighted by atomic mass is 10.1. The zero-order valence-corrected chi connectivity index (χ0v) is 18.9. The fourth-order valence-corrected chi connectivity index (χ4v) is 6.29. The summed E-state index contributed by atoms with van der Waals surface area (Å²) in [5.41, 5.74) is 2.28. The van der Waals surface area contributed by atoms with Crippen molar-refractivity contribution in [3.8, 4) is 0 Å². The third kappa shape index (κ3) is 4.14. The van der Waals surface area contributed by atoms with Gasteiger partial charge in [0.25, 0.3) is 0 Å². The van der Waals surface area contributed by atoms with Crippen LogP contribution in [0.4, 0.5) is 10.1 Å². The summed E-state index contributed by atoms with van der Waals surface area (Å²) in [5, 5.41) is 2.77. The Hall–Kier alpha value is -2.78. The minimum atomic E-state index is -3.88. The van der Waals surface area contributed by atoms with E-state index in [2.05, 4.69) is 5.32 Å². The number of hydrogen-bond donors (Lipinski definition) is 1. The topological polar surface area (TPSA) is 86.8 Å². The van der Waals surface area contributed by atoms with E-state index in [0.717, 1.165) is 16.8 Å². The van der Waals surface area contributed by atoms with Crippen LogP contribution in [0.3, 0.4) is 0 Å². The highest BCUT2D eigenvalue weighted by Gasteiger charge is 2.40. The molecule has 2 aromatic carbocycles. The standard InChI is InChI=1S/C23H26FN3O4S/c1-15-12-18-13-20(9-10-21(18)27(15)16(2)28)32(30,31)26-11-3-4-22(26)23(29)25-14-17-5-7-19(24)8-6-17/h5-10,13,15,22H,3-4,11-12,14H2,1-2H3,(H,25,29)/t15-,22+/m0/s1. The first-order valence-electron chi connectivity index (χ1n) is 10.6. The molecule has 2 aliphatic rings. The van der Waals surface area contributed by atoms with Crippen molar-refractivity contribution in [3.63, 3.8) is 0 Å². The zero-order valence-electron chi connectivity index (χ0n) is 18.0. The Morgan fingerprint density at radius 1 is 1.16 bits per heavy atom. The number of sulfonamides is 1. The molecule has 7 nitrogen and oxygen atoms in total. The molecule has 2 aromatic rings. The monoisotopic (exact) mass is 459 g/mol. The van der Waals surface area contributed by atoms with E-state index in [1.54, 1.807) is 29.2 Å². The molecule has 1 fully saturated rings. The van der Waals surface area contributed by atoms with Crippen molar-refractivity contribution in [2.24, 2.45) is 0 Å². The van der Waals surface area contributed by atoms with Gasteiger partial charge in [-0.15, -0.1) is 0 Å². The third-order valence-corrected chi connectivity index (χ3v) is 8.00. The van der Waals surface area contributed by atoms with Crippen LogP contribution in [0.25, 0.3) is 0 Å². The van der Waals surface area contributed by atoms with Gasteiger partial charge in [-0.05, 0) is 67.6 Å². The second-order valence-electron chi connectivity index (χ2n) is 8.35. The summed E-state index contributed by atoms with van der Waals surface area (Å²) in [4.78, 5) is 26.5. The molecule has 2 amide bonds. The maximum Gasteiger partial charge on any atom is 0.243 e. The number of nitrogens with one attached hydrogen (secondary N) is 1. The molecule has 0 aliphatic carbocycles. The highest BCUT2D eigenvalue weighted by atomic mass is 32.2. The summed E-state index contributed by atoms with van der Waals surface area (Å²) in [6.45, 7) is 3.89. The van der Waals surface area contributed by atoms with Gasteiger partial charge in [0.15, 0.2) is 0 Å². The SMILES string of the molecule is CC(=O)N1c2ccc(S(=O)(=O)N3CCC[C@@H]3C(=O)NCc3ccc(F)cc3)cc2C[C@@H]1C. The van der Waals surface area contributed by atoms with E-state index in [1.807, 2.05) is 6.92 Å². The van der Waals surface area contributed by atoms with E-state index in [0.29, 0.717) is 19.3 Å². The summed E-state index contributed by atoms with van der Waals surface area (Å²) in [6, 6.07) is 9.77. The molecule has 2 heterocycles. The van der Waals surface area contributed by atoms with Crippen LogP contribution in [0, 0.1) is 5.82 Å². The molecular formula is C23H26FN3O4S. The van der Waals surface area contributed by atoms with E-state index in [-0.39, 0.29) is 41.7 Å². The van der Waals surface area contributed by atoms with Crippen LogP contribution in [-0.2, 0) is 32.6 Å². The van der Waals surface area contributed by atoms with Crippen LogP contribution in [0.1, 0.15) is 37.8 Å². The van der Waals surface area contributed by atoms with E-state index in [1.165, 1.54) is 29.4 Å². The smallest absolute Gasteiger partial charge is 0.243 e. The molecule has 1 N–H and O–H groups in total. The third-order valence-electron chi connectivity index (χ3n) is 6.10. The molecule has 9 heteroatoms. The molecule has 0 radical (unpaired) electrons. The number of hydrogen-bond acceptors (Lipinski definition) is 4. The van der Waals surface area contributed by atoms with Crippen molar-refractivity contribution in [1.29, 1.82) is 0 Å². The number of fused-ring (bicyclic) bond motifs is 1. The summed E-state index contributed by atoms with van der Waals surface area (Å²) >= 11 is 0. The fourth-order valence-electron chi connectivity index (χ4n) is 4.58. The second-order valence-corrected chi connectivity index (χ2v) is 10.2. The normalized spacial score (nSPS) is 20.9. The predicted molar refractivity (Wildman–Crippen MR) is 118 cm³/mol. The predicted octanol–water partition coefficient (Wildman–Crippen LogP) is 2.59. The lowest BCUT2D eigenvalue weighted by Crippen LogP contribution is -2.45. The van der Waals surface area contributed by atoms with Gasteiger partial charge in [0.1, 0.15) is 11.9 Å². The summed E-state index contributed by atoms with van der Waals surface area (Å²) < 4.78 is 41.1. The van der Waals surface area contributed by atoms with Crippen molar-refractivity contribution in [2.45, 2.75) is 56.6 Å². The number of rotatable bonds is 5. The Labute approximate surface area is 187 Å². The average Bonchev–Trinajstić information content (AvgIpc) is 3.37. The number of carbonyl (C=O) groups excluding carboxylic acids is 2. The molecule has 0 unspecified atom stereocenters. The van der Waals surface area contributed by atoms with Gasteiger partial charge in [-0.25, -0.2) is 12.8 Å². The Kier molecular flexibility index (Phi) is 6.05. The first kappa shape index (κ1) is 22.4. The van der Waals surface area contributed by atoms with Gasteiger partial charge in [-0.2, -0.15) is 4.31 Å². The molecule has 2 aliphatic heterocycles. The van der Waals surface area contributed by atoms with E-state index < -0.39 is 16.1 Å². The Morgan fingerprint density at radius 2 is 1.88 bits per heavy atom. The summed E-state index contributed by atoms with van der Waals surface area (Å²) in [6.07, 6.45) is 1.61. The van der Waals surface area contributed by atoms with Crippen molar-refractivity contribution in [2.75, 3.05) is 11.4 Å². The molecule has 0 aromatic heterocycles. The number of halogens is 1. The van der Waals surface area contributed by atoms with Crippen LogP contribution in [-0.4, -0.2) is 43.2 Å². The van der Waals surface area contributed by atoms with Gasteiger partial charge < -0.3 is 10.2 Å². The largest absolute Gasteiger partial charge is 0.351 e. The highest BCUT2D eigenvalue weighted by molar-refractivity contribution is 7.89. The number of anilines is 1. The van der Waals surface area contributed by atoms with Gasteiger partial charge in [-0.1, -0.05) is 12.1 Å². The number of benzene rings is 2. The van der Waals surface area contributed by atoms with Crippen LogP contribution < -0.4 is 10.2 Å². The maximum absolute atomic E-state index is 13.4. The molecule has 4 rings (SSSR count). The quantitative estimate of drug-likeness (QED) is 0.745. The zero-order chi connectivity index (χ0) is 23.0. The number of nitrogens with zero attached hydrogens (tertiary/aromatic N) is 2. The van der Waals surface area contributed by atoms with Gasteiger partial charge in [0.2, 0.25) is 21.8 Å². The minimum absolute atomic E-state index is 0.0303. The first-order chi connectivity index (χ1) is 15.2. The van der Waals surface area contributed by atoms with Crippen molar-refractivity contribution in [1.82, 2.24) is 9.62 Å². The van der Waals surface area contributed by atoms with Crippen molar-refractivity contribution < 1.29 is 22.4 Å². The van der Waals surface area contributed by atoms with Gasteiger partial charge in [0, 0.05) is 31.7 Å². The highest BCUT2D eigenvalue weighted by Crippen LogP contribution is 2.35. The van der Waals surface area contributed by atoms with Crippen molar-refractivity contribution in [3.05, 3.63) is 59.4 Å². The second kappa shape index (κ2) is 8.63. The lowest BCUT2D eigenvalue weighted by Gasteiger charge is -2.24. The molecule has 32 heavy (non-hydrogen) atoms. The van der Waals surface area contributed by atoms with Gasteiger partial charge in [-0.3, -0.25) is 9.59 Å². The van der Waals surface area contributed by atoms with Crippen LogP contribution in [0.15, 0.2) is 47.4 Å². The van der Waals surface area contributed by atoms with Crippen molar-refractivity contribution >= 4 is 27.5 Å².